The zero-order chi connectivity index (χ0) is 8.69. The topological polar surface area (TPSA) is 37.3 Å². The van der Waals surface area contributed by atoms with Crippen LogP contribution < -0.4 is 0 Å². The highest BCUT2D eigenvalue weighted by atomic mass is 79.9. The van der Waals surface area contributed by atoms with Gasteiger partial charge in [-0.05, 0) is 12.8 Å². The van der Waals surface area contributed by atoms with Gasteiger partial charge >= 0.3 is 5.97 Å². The maximum absolute atomic E-state index is 10.4. The molecule has 0 aromatic carbocycles. The van der Waals surface area contributed by atoms with Crippen LogP contribution in [0.3, 0.4) is 0 Å². The van der Waals surface area contributed by atoms with Crippen molar-refractivity contribution in [2.45, 2.75) is 32.6 Å². The van der Waals surface area contributed by atoms with Crippen LogP contribution in [0, 0.1) is 5.92 Å². The molecule has 0 spiro atoms. The molecule has 0 fully saturated rings. The van der Waals surface area contributed by atoms with Crippen LogP contribution in [0.5, 0.6) is 0 Å². The molecule has 0 radical (unpaired) electrons. The van der Waals surface area contributed by atoms with Crippen molar-refractivity contribution < 1.29 is 9.90 Å². The van der Waals surface area contributed by atoms with Crippen molar-refractivity contribution in [3.8, 4) is 0 Å². The lowest BCUT2D eigenvalue weighted by molar-refractivity contribution is -0.141. The van der Waals surface area contributed by atoms with Gasteiger partial charge in [0.25, 0.3) is 0 Å². The Kier molecular flexibility index (Phi) is 6.62. The predicted octanol–water partition coefficient (Wildman–Crippen LogP) is 2.66. The summed E-state index contributed by atoms with van der Waals surface area (Å²) < 4.78 is 0. The van der Waals surface area contributed by atoms with Crippen molar-refractivity contribution in [1.82, 2.24) is 0 Å². The van der Waals surface area contributed by atoms with Gasteiger partial charge in [0, 0.05) is 5.33 Å². The Morgan fingerprint density at radius 1 is 1.45 bits per heavy atom. The normalized spacial score (nSPS) is 12.9. The van der Waals surface area contributed by atoms with Gasteiger partial charge in [-0.1, -0.05) is 35.7 Å². The van der Waals surface area contributed by atoms with Gasteiger partial charge in [-0.15, -0.1) is 0 Å². The number of rotatable bonds is 6. The second-order valence-corrected chi connectivity index (χ2v) is 3.57. The molecular formula is C8H15BrO2. The molecule has 11 heavy (non-hydrogen) atoms. The molecule has 0 unspecified atom stereocenters. The van der Waals surface area contributed by atoms with Gasteiger partial charge in [-0.2, -0.15) is 0 Å². The Balaban J connectivity index is 3.17. The molecule has 0 rings (SSSR count). The first-order chi connectivity index (χ1) is 5.18. The standard InChI is InChI=1S/C8H15BrO2/c1-7(8(10)11)5-3-2-4-6-9/h7H,2-6H2,1H3,(H,10,11)/t7-/m0/s1. The molecule has 0 aromatic rings. The van der Waals surface area contributed by atoms with E-state index < -0.39 is 5.97 Å². The lowest BCUT2D eigenvalue weighted by Gasteiger charge is -2.03. The lowest BCUT2D eigenvalue weighted by Crippen LogP contribution is -2.08. The second kappa shape index (κ2) is 6.65. The number of unbranched alkanes of at least 4 members (excludes halogenated alkanes) is 2. The zero-order valence-electron chi connectivity index (χ0n) is 6.85. The Labute approximate surface area is 76.1 Å². The molecular weight excluding hydrogens is 208 g/mol. The predicted molar refractivity (Wildman–Crippen MR) is 49.1 cm³/mol. The van der Waals surface area contributed by atoms with Crippen molar-refractivity contribution in [1.29, 1.82) is 0 Å². The van der Waals surface area contributed by atoms with Gasteiger partial charge in [0.15, 0.2) is 0 Å². The van der Waals surface area contributed by atoms with Crippen LogP contribution in [0.1, 0.15) is 32.6 Å². The highest BCUT2D eigenvalue weighted by Crippen LogP contribution is 2.09. The van der Waals surface area contributed by atoms with Crippen LogP contribution >= 0.6 is 15.9 Å². The molecule has 66 valence electrons. The largest absolute Gasteiger partial charge is 0.481 e. The summed E-state index contributed by atoms with van der Waals surface area (Å²) in [6.45, 7) is 1.76. The van der Waals surface area contributed by atoms with E-state index >= 15 is 0 Å². The van der Waals surface area contributed by atoms with E-state index in [9.17, 15) is 4.79 Å². The quantitative estimate of drug-likeness (QED) is 0.555. The van der Waals surface area contributed by atoms with E-state index in [-0.39, 0.29) is 5.92 Å². The van der Waals surface area contributed by atoms with E-state index in [1.165, 1.54) is 0 Å². The number of aliphatic carboxylic acids is 1. The van der Waals surface area contributed by atoms with Crippen molar-refractivity contribution in [3.05, 3.63) is 0 Å². The number of hydrogen-bond donors (Lipinski definition) is 1. The zero-order valence-corrected chi connectivity index (χ0v) is 8.43. The molecule has 0 aromatic heterocycles. The molecule has 3 heteroatoms. The van der Waals surface area contributed by atoms with Crippen molar-refractivity contribution in [2.24, 2.45) is 5.92 Å². The van der Waals surface area contributed by atoms with E-state index in [1.54, 1.807) is 6.92 Å². The van der Waals surface area contributed by atoms with Crippen molar-refractivity contribution in [2.75, 3.05) is 5.33 Å². The number of carboxylic acid groups (broad SMARTS) is 1. The van der Waals surface area contributed by atoms with Crippen LogP contribution in [-0.2, 0) is 4.79 Å². The fraction of sp³-hybridized carbons (Fsp3) is 0.875. The summed E-state index contributed by atoms with van der Waals surface area (Å²) in [5.74, 6) is -0.853. The first-order valence-corrected chi connectivity index (χ1v) is 5.09. The highest BCUT2D eigenvalue weighted by molar-refractivity contribution is 9.09. The van der Waals surface area contributed by atoms with Gasteiger partial charge in [-0.25, -0.2) is 0 Å². The average Bonchev–Trinajstić information content (AvgIpc) is 1.97. The van der Waals surface area contributed by atoms with Gasteiger partial charge < -0.3 is 5.11 Å². The molecule has 0 bridgehead atoms. The molecule has 2 nitrogen and oxygen atoms in total. The monoisotopic (exact) mass is 222 g/mol. The third-order valence-corrected chi connectivity index (χ3v) is 2.25. The third kappa shape index (κ3) is 6.35. The number of hydrogen-bond acceptors (Lipinski definition) is 1. The van der Waals surface area contributed by atoms with Gasteiger partial charge in [0.05, 0.1) is 5.92 Å². The molecule has 0 aliphatic rings. The average molecular weight is 223 g/mol. The van der Waals surface area contributed by atoms with E-state index in [0.29, 0.717) is 0 Å². The van der Waals surface area contributed by atoms with Crippen molar-refractivity contribution in [3.63, 3.8) is 0 Å². The van der Waals surface area contributed by atoms with Crippen LogP contribution in [0.25, 0.3) is 0 Å². The fourth-order valence-corrected chi connectivity index (χ4v) is 1.24. The maximum atomic E-state index is 10.4. The Morgan fingerprint density at radius 2 is 2.09 bits per heavy atom. The molecule has 0 aliphatic heterocycles. The van der Waals surface area contributed by atoms with Gasteiger partial charge in [0.2, 0.25) is 0 Å². The summed E-state index contributed by atoms with van der Waals surface area (Å²) in [4.78, 5) is 10.4. The summed E-state index contributed by atoms with van der Waals surface area (Å²) in [5.41, 5.74) is 0. The molecule has 0 heterocycles. The fourth-order valence-electron chi connectivity index (χ4n) is 0.845. The summed E-state index contributed by atoms with van der Waals surface area (Å²) in [5, 5.41) is 9.55. The number of carboxylic acids is 1. The molecule has 0 saturated heterocycles. The Hall–Kier alpha value is -0.0500. The van der Waals surface area contributed by atoms with Crippen LogP contribution in [0.15, 0.2) is 0 Å². The molecule has 1 N–H and O–H groups in total. The van der Waals surface area contributed by atoms with E-state index in [2.05, 4.69) is 15.9 Å². The summed E-state index contributed by atoms with van der Waals surface area (Å²) in [6.07, 6.45) is 4.11. The minimum absolute atomic E-state index is 0.176. The van der Waals surface area contributed by atoms with E-state index in [0.717, 1.165) is 31.0 Å². The van der Waals surface area contributed by atoms with E-state index in [4.69, 9.17) is 5.11 Å². The molecule has 1 atom stereocenters. The summed E-state index contributed by atoms with van der Waals surface area (Å²) in [6, 6.07) is 0. The first-order valence-electron chi connectivity index (χ1n) is 3.97. The lowest BCUT2D eigenvalue weighted by atomic mass is 10.0. The molecule has 0 amide bonds. The van der Waals surface area contributed by atoms with Gasteiger partial charge in [0.1, 0.15) is 0 Å². The van der Waals surface area contributed by atoms with Crippen molar-refractivity contribution >= 4 is 21.9 Å². The SMILES string of the molecule is C[C@@H](CCCCCBr)C(=O)O. The Morgan fingerprint density at radius 3 is 2.55 bits per heavy atom. The number of carbonyl (C=O) groups is 1. The smallest absolute Gasteiger partial charge is 0.306 e. The van der Waals surface area contributed by atoms with Crippen LogP contribution in [0.2, 0.25) is 0 Å². The minimum Gasteiger partial charge on any atom is -0.481 e. The first kappa shape index (κ1) is 11.0. The summed E-state index contributed by atoms with van der Waals surface area (Å²) >= 11 is 3.33. The third-order valence-electron chi connectivity index (χ3n) is 1.69. The molecule has 0 saturated carbocycles. The number of halogens is 1. The highest BCUT2D eigenvalue weighted by Gasteiger charge is 2.08. The van der Waals surface area contributed by atoms with Crippen LogP contribution in [0.4, 0.5) is 0 Å². The summed E-state index contributed by atoms with van der Waals surface area (Å²) in [7, 11) is 0. The molecule has 0 aliphatic carbocycles. The van der Waals surface area contributed by atoms with E-state index in [1.807, 2.05) is 0 Å². The number of alkyl halides is 1. The maximum Gasteiger partial charge on any atom is 0.306 e. The Bertz CT molecular complexity index is 115. The second-order valence-electron chi connectivity index (χ2n) is 2.78. The minimum atomic E-state index is -0.677. The van der Waals surface area contributed by atoms with Crippen LogP contribution in [-0.4, -0.2) is 16.4 Å². The van der Waals surface area contributed by atoms with Gasteiger partial charge in [-0.3, -0.25) is 4.79 Å².